The molecule has 1 N–H and O–H groups in total. The van der Waals surface area contributed by atoms with Crippen LogP contribution in [0.1, 0.15) is 5.76 Å². The normalized spacial score (nSPS) is 11.0. The number of carbonyl (C=O) groups excluding carboxylic acids is 1. The van der Waals surface area contributed by atoms with Gasteiger partial charge in [0.2, 0.25) is 5.91 Å². The van der Waals surface area contributed by atoms with Crippen molar-refractivity contribution in [1.29, 1.82) is 0 Å². The lowest BCUT2D eigenvalue weighted by Gasteiger charge is -2.13. The van der Waals surface area contributed by atoms with Crippen molar-refractivity contribution in [2.75, 3.05) is 18.2 Å². The van der Waals surface area contributed by atoms with E-state index in [1.165, 1.54) is 17.9 Å². The molecule has 2 aromatic heterocycles. The maximum atomic E-state index is 13.1. The Hall–Kier alpha value is -2.94. The molecule has 0 fully saturated rings. The monoisotopic (exact) mass is 489 g/mol. The van der Waals surface area contributed by atoms with Crippen LogP contribution in [0.5, 0.6) is 5.75 Å². The number of aromatic nitrogens is 2. The van der Waals surface area contributed by atoms with Crippen molar-refractivity contribution in [3.8, 4) is 5.75 Å². The lowest BCUT2D eigenvalue weighted by molar-refractivity contribution is -0.113. The highest BCUT2D eigenvalue weighted by molar-refractivity contribution is 7.99. The second kappa shape index (κ2) is 9.68. The van der Waals surface area contributed by atoms with Crippen molar-refractivity contribution in [1.82, 2.24) is 9.55 Å². The van der Waals surface area contributed by atoms with Crippen LogP contribution in [0.2, 0.25) is 10.0 Å². The van der Waals surface area contributed by atoms with E-state index in [4.69, 9.17) is 32.4 Å². The lowest BCUT2D eigenvalue weighted by atomic mass is 10.2. The quantitative estimate of drug-likeness (QED) is 0.287. The van der Waals surface area contributed by atoms with Crippen molar-refractivity contribution in [3.63, 3.8) is 0 Å². The summed E-state index contributed by atoms with van der Waals surface area (Å²) in [6.07, 6.45) is 1.53. The number of thioether (sulfide) groups is 1. The molecule has 2 aromatic carbocycles. The number of hydrogen-bond donors (Lipinski definition) is 1. The summed E-state index contributed by atoms with van der Waals surface area (Å²) in [6, 6.07) is 13.4. The van der Waals surface area contributed by atoms with Gasteiger partial charge in [0.1, 0.15) is 11.5 Å². The second-order valence-corrected chi connectivity index (χ2v) is 8.52. The minimum absolute atomic E-state index is 0.00628. The zero-order chi connectivity index (χ0) is 22.7. The fourth-order valence-corrected chi connectivity index (χ4v) is 4.21. The summed E-state index contributed by atoms with van der Waals surface area (Å²) in [4.78, 5) is 30.3. The molecule has 10 heteroatoms. The third-order valence-electron chi connectivity index (χ3n) is 4.54. The first-order chi connectivity index (χ1) is 15.4. The number of furan rings is 1. The summed E-state index contributed by atoms with van der Waals surface area (Å²) in [5, 5.41) is 4.51. The highest BCUT2D eigenvalue weighted by Crippen LogP contribution is 2.28. The van der Waals surface area contributed by atoms with E-state index >= 15 is 0 Å². The first-order valence-electron chi connectivity index (χ1n) is 9.43. The summed E-state index contributed by atoms with van der Waals surface area (Å²) < 4.78 is 12.1. The van der Waals surface area contributed by atoms with Crippen molar-refractivity contribution >= 4 is 57.5 Å². The SMILES string of the molecule is COc1ccc(Cl)cc1NC(=O)CSc1nc2cc(Cl)ccc2c(=O)n1Cc1ccco1. The number of methoxy groups -OCH3 is 1. The number of hydrogen-bond acceptors (Lipinski definition) is 6. The molecule has 164 valence electrons. The largest absolute Gasteiger partial charge is 0.495 e. The van der Waals surface area contributed by atoms with E-state index in [0.29, 0.717) is 43.3 Å². The third-order valence-corrected chi connectivity index (χ3v) is 5.99. The molecule has 4 rings (SSSR count). The van der Waals surface area contributed by atoms with Gasteiger partial charge in [0.25, 0.3) is 5.56 Å². The van der Waals surface area contributed by atoms with Gasteiger partial charge in [-0.25, -0.2) is 4.98 Å². The highest BCUT2D eigenvalue weighted by atomic mass is 35.5. The molecule has 4 aromatic rings. The van der Waals surface area contributed by atoms with Gasteiger partial charge >= 0.3 is 0 Å². The van der Waals surface area contributed by atoms with Crippen LogP contribution in [0.15, 0.2) is 69.2 Å². The van der Waals surface area contributed by atoms with E-state index in [0.717, 1.165) is 11.8 Å². The van der Waals surface area contributed by atoms with Crippen LogP contribution in [0.4, 0.5) is 5.69 Å². The molecular weight excluding hydrogens is 473 g/mol. The molecule has 0 saturated heterocycles. The number of nitrogens with one attached hydrogen (secondary N) is 1. The van der Waals surface area contributed by atoms with Gasteiger partial charge in [-0.05, 0) is 48.5 Å². The fourth-order valence-electron chi connectivity index (χ4n) is 3.08. The van der Waals surface area contributed by atoms with Gasteiger partial charge in [-0.1, -0.05) is 35.0 Å². The smallest absolute Gasteiger partial charge is 0.262 e. The Balaban J connectivity index is 1.62. The minimum atomic E-state index is -0.305. The fraction of sp³-hybridized carbons (Fsp3) is 0.136. The minimum Gasteiger partial charge on any atom is -0.495 e. The standard InChI is InChI=1S/C22H17Cl2N3O4S/c1-30-19-7-5-14(24)10-18(19)25-20(28)12-32-22-26-17-9-13(23)4-6-16(17)21(29)27(22)11-15-3-2-8-31-15/h2-10H,11-12H2,1H3,(H,25,28). The molecule has 0 spiro atoms. The number of halogens is 2. The molecule has 0 aliphatic rings. The molecule has 2 heterocycles. The van der Waals surface area contributed by atoms with E-state index in [1.807, 2.05) is 0 Å². The summed E-state index contributed by atoms with van der Waals surface area (Å²) in [7, 11) is 1.51. The number of amides is 1. The number of fused-ring (bicyclic) bond motifs is 1. The number of ether oxygens (including phenoxy) is 1. The summed E-state index contributed by atoms with van der Waals surface area (Å²) in [5.41, 5.74) is 0.664. The van der Waals surface area contributed by atoms with E-state index < -0.39 is 0 Å². The van der Waals surface area contributed by atoms with Gasteiger partial charge in [0.15, 0.2) is 5.16 Å². The van der Waals surface area contributed by atoms with Gasteiger partial charge < -0.3 is 14.5 Å². The van der Waals surface area contributed by atoms with Gasteiger partial charge in [-0.3, -0.25) is 14.2 Å². The van der Waals surface area contributed by atoms with E-state index in [-0.39, 0.29) is 23.8 Å². The first-order valence-corrected chi connectivity index (χ1v) is 11.2. The zero-order valence-electron chi connectivity index (χ0n) is 16.8. The summed E-state index contributed by atoms with van der Waals surface area (Å²) >= 11 is 13.2. The molecule has 1 amide bonds. The van der Waals surface area contributed by atoms with Crippen molar-refractivity contribution in [3.05, 3.63) is 81.0 Å². The number of rotatable bonds is 7. The maximum Gasteiger partial charge on any atom is 0.262 e. The predicted octanol–water partition coefficient (Wildman–Crippen LogP) is 5.08. The van der Waals surface area contributed by atoms with Crippen LogP contribution < -0.4 is 15.6 Å². The number of carbonyl (C=O) groups is 1. The van der Waals surface area contributed by atoms with Gasteiger partial charge in [-0.2, -0.15) is 0 Å². The average Bonchev–Trinajstić information content (AvgIpc) is 3.28. The second-order valence-electron chi connectivity index (χ2n) is 6.71. The molecule has 0 aliphatic carbocycles. The third kappa shape index (κ3) is 4.93. The topological polar surface area (TPSA) is 86.4 Å². The first kappa shape index (κ1) is 22.3. The van der Waals surface area contributed by atoms with Crippen LogP contribution in [-0.4, -0.2) is 28.3 Å². The Bertz CT molecular complexity index is 1340. The van der Waals surface area contributed by atoms with Gasteiger partial charge in [0.05, 0.1) is 42.3 Å². The van der Waals surface area contributed by atoms with E-state index in [1.54, 1.807) is 48.5 Å². The number of benzene rings is 2. The molecule has 0 saturated carbocycles. The van der Waals surface area contributed by atoms with Crippen LogP contribution in [0, 0.1) is 0 Å². The summed E-state index contributed by atoms with van der Waals surface area (Å²) in [6.45, 7) is 0.184. The maximum absolute atomic E-state index is 13.1. The van der Waals surface area contributed by atoms with Crippen LogP contribution in [0.25, 0.3) is 10.9 Å². The Morgan fingerprint density at radius 2 is 1.97 bits per heavy atom. The molecule has 0 unspecified atom stereocenters. The Labute approximate surface area is 197 Å². The molecule has 7 nitrogen and oxygen atoms in total. The Kier molecular flexibility index (Phi) is 6.74. The number of anilines is 1. The van der Waals surface area contributed by atoms with Crippen molar-refractivity contribution in [2.45, 2.75) is 11.7 Å². The molecule has 0 radical (unpaired) electrons. The predicted molar refractivity (Wildman–Crippen MR) is 126 cm³/mol. The molecule has 32 heavy (non-hydrogen) atoms. The van der Waals surface area contributed by atoms with Gasteiger partial charge in [-0.15, -0.1) is 0 Å². The zero-order valence-corrected chi connectivity index (χ0v) is 19.1. The molecule has 0 aliphatic heterocycles. The van der Waals surface area contributed by atoms with Crippen molar-refractivity contribution < 1.29 is 13.9 Å². The van der Waals surface area contributed by atoms with E-state index in [2.05, 4.69) is 10.3 Å². The van der Waals surface area contributed by atoms with Crippen LogP contribution >= 0.6 is 35.0 Å². The Morgan fingerprint density at radius 1 is 1.19 bits per heavy atom. The average molecular weight is 490 g/mol. The Morgan fingerprint density at radius 3 is 2.72 bits per heavy atom. The van der Waals surface area contributed by atoms with Crippen LogP contribution in [-0.2, 0) is 11.3 Å². The summed E-state index contributed by atoms with van der Waals surface area (Å²) in [5.74, 6) is 0.783. The van der Waals surface area contributed by atoms with E-state index in [9.17, 15) is 9.59 Å². The molecule has 0 bridgehead atoms. The molecular formula is C22H17Cl2N3O4S. The van der Waals surface area contributed by atoms with Gasteiger partial charge in [0, 0.05) is 10.0 Å². The number of nitrogens with zero attached hydrogens (tertiary/aromatic N) is 2. The van der Waals surface area contributed by atoms with Crippen LogP contribution in [0.3, 0.4) is 0 Å². The highest BCUT2D eigenvalue weighted by Gasteiger charge is 2.16. The molecule has 0 atom stereocenters. The lowest BCUT2D eigenvalue weighted by Crippen LogP contribution is -2.24. The van der Waals surface area contributed by atoms with Crippen molar-refractivity contribution in [2.24, 2.45) is 0 Å².